The van der Waals surface area contributed by atoms with Crippen molar-refractivity contribution in [3.8, 4) is 0 Å². The molecule has 0 atom stereocenters. The van der Waals surface area contributed by atoms with Gasteiger partial charge in [-0.05, 0) is 32.7 Å². The van der Waals surface area contributed by atoms with E-state index in [1.807, 2.05) is 7.05 Å². The van der Waals surface area contributed by atoms with Crippen molar-refractivity contribution in [3.63, 3.8) is 0 Å². The molecular weight excluding hydrogens is 130 g/mol. The summed E-state index contributed by atoms with van der Waals surface area (Å²) >= 11 is 0. The van der Waals surface area contributed by atoms with Crippen LogP contribution in [0.1, 0.15) is 32.1 Å². The second kappa shape index (κ2) is 3.32. The fourth-order valence-electron chi connectivity index (χ4n) is 1.51. The predicted octanol–water partition coefficient (Wildman–Crippen LogP) is 1.36. The van der Waals surface area contributed by atoms with Gasteiger partial charge in [-0.1, -0.05) is 6.42 Å². The summed E-state index contributed by atoms with van der Waals surface area (Å²) in [5.74, 6) is 0. The zero-order valence-electron chi connectivity index (χ0n) is 6.39. The molecule has 0 aromatic heterocycles. The summed E-state index contributed by atoms with van der Waals surface area (Å²) in [6, 6.07) is 0. The van der Waals surface area contributed by atoms with Crippen molar-refractivity contribution >= 4 is 0 Å². The van der Waals surface area contributed by atoms with Crippen LogP contribution in [0.5, 0.6) is 0 Å². The van der Waals surface area contributed by atoms with E-state index in [2.05, 4.69) is 10.2 Å². The largest absolute Gasteiger partial charge is 0.290 e. The molecule has 2 N–H and O–H groups in total. The second-order valence-electron chi connectivity index (χ2n) is 2.90. The normalized spacial score (nSPS) is 24.6. The third kappa shape index (κ3) is 1.48. The van der Waals surface area contributed by atoms with Crippen molar-refractivity contribution in [2.75, 3.05) is 7.05 Å². The van der Waals surface area contributed by atoms with Gasteiger partial charge in [-0.25, -0.2) is 10.1 Å². The van der Waals surface area contributed by atoms with Crippen molar-refractivity contribution in [3.05, 3.63) is 0 Å². The topological polar surface area (TPSA) is 41.5 Å². The summed E-state index contributed by atoms with van der Waals surface area (Å²) in [4.78, 5) is 4.42. The van der Waals surface area contributed by atoms with Crippen LogP contribution in [0.4, 0.5) is 0 Å². The Morgan fingerprint density at radius 3 is 2.20 bits per heavy atom. The minimum absolute atomic E-state index is 0.432. The first-order valence-electron chi connectivity index (χ1n) is 3.84. The molecule has 0 heterocycles. The maximum absolute atomic E-state index is 8.58. The maximum atomic E-state index is 8.58. The molecule has 60 valence electrons. The standard InChI is InChI=1S/C7H15NO2/c1-8-7(10-9)5-3-2-4-6-7/h8-9H,2-6H2,1H3. The molecule has 1 aliphatic carbocycles. The maximum Gasteiger partial charge on any atom is 0.153 e. The highest BCUT2D eigenvalue weighted by Crippen LogP contribution is 2.27. The highest BCUT2D eigenvalue weighted by molar-refractivity contribution is 4.78. The molecule has 0 bridgehead atoms. The lowest BCUT2D eigenvalue weighted by Crippen LogP contribution is -2.46. The van der Waals surface area contributed by atoms with Crippen molar-refractivity contribution in [2.24, 2.45) is 0 Å². The molecule has 3 nitrogen and oxygen atoms in total. The zero-order valence-corrected chi connectivity index (χ0v) is 6.39. The van der Waals surface area contributed by atoms with Crippen molar-refractivity contribution in [1.29, 1.82) is 0 Å². The van der Waals surface area contributed by atoms with Crippen LogP contribution in [0.3, 0.4) is 0 Å². The highest BCUT2D eigenvalue weighted by atomic mass is 17.1. The van der Waals surface area contributed by atoms with E-state index in [-0.39, 0.29) is 0 Å². The van der Waals surface area contributed by atoms with Gasteiger partial charge < -0.3 is 0 Å². The minimum atomic E-state index is -0.432. The average Bonchev–Trinajstić information content (AvgIpc) is 2.06. The number of nitrogens with one attached hydrogen (secondary N) is 1. The Labute approximate surface area is 61.3 Å². The Bertz CT molecular complexity index is 93.8. The van der Waals surface area contributed by atoms with Crippen molar-refractivity contribution in [2.45, 2.75) is 37.8 Å². The number of hydrogen-bond donors (Lipinski definition) is 2. The van der Waals surface area contributed by atoms with Crippen LogP contribution in [-0.4, -0.2) is 18.0 Å². The summed E-state index contributed by atoms with van der Waals surface area (Å²) in [6.07, 6.45) is 5.37. The van der Waals surface area contributed by atoms with E-state index in [1.165, 1.54) is 6.42 Å². The fraction of sp³-hybridized carbons (Fsp3) is 1.00. The summed E-state index contributed by atoms with van der Waals surface area (Å²) < 4.78 is 0. The van der Waals surface area contributed by atoms with Crippen LogP contribution < -0.4 is 5.32 Å². The third-order valence-corrected chi connectivity index (χ3v) is 2.29. The second-order valence-corrected chi connectivity index (χ2v) is 2.90. The first-order chi connectivity index (χ1) is 4.83. The summed E-state index contributed by atoms with van der Waals surface area (Å²) in [6.45, 7) is 0. The smallest absolute Gasteiger partial charge is 0.153 e. The van der Waals surface area contributed by atoms with Gasteiger partial charge in [0.15, 0.2) is 5.72 Å². The van der Waals surface area contributed by atoms with Crippen LogP contribution in [0.15, 0.2) is 0 Å². The van der Waals surface area contributed by atoms with Crippen molar-refractivity contribution < 1.29 is 10.1 Å². The van der Waals surface area contributed by atoms with E-state index < -0.39 is 5.72 Å². The zero-order chi connectivity index (χ0) is 7.45. The molecule has 0 aromatic carbocycles. The highest BCUT2D eigenvalue weighted by Gasteiger charge is 2.31. The first-order valence-corrected chi connectivity index (χ1v) is 3.84. The number of rotatable bonds is 2. The van der Waals surface area contributed by atoms with Gasteiger partial charge in [0.25, 0.3) is 0 Å². The molecule has 1 rings (SSSR count). The van der Waals surface area contributed by atoms with Crippen LogP contribution in [-0.2, 0) is 4.89 Å². The molecule has 0 saturated heterocycles. The molecule has 0 spiro atoms. The Morgan fingerprint density at radius 2 is 1.90 bits per heavy atom. The van der Waals surface area contributed by atoms with E-state index in [0.29, 0.717) is 0 Å². The van der Waals surface area contributed by atoms with Crippen molar-refractivity contribution in [1.82, 2.24) is 5.32 Å². The minimum Gasteiger partial charge on any atom is -0.290 e. The summed E-state index contributed by atoms with van der Waals surface area (Å²) in [7, 11) is 1.82. The Hall–Kier alpha value is -0.120. The van der Waals surface area contributed by atoms with E-state index in [1.54, 1.807) is 0 Å². The van der Waals surface area contributed by atoms with Gasteiger partial charge in [0.2, 0.25) is 0 Å². The van der Waals surface area contributed by atoms with Gasteiger partial charge >= 0.3 is 0 Å². The van der Waals surface area contributed by atoms with Crippen LogP contribution in [0.2, 0.25) is 0 Å². The van der Waals surface area contributed by atoms with E-state index >= 15 is 0 Å². The third-order valence-electron chi connectivity index (χ3n) is 2.29. The van der Waals surface area contributed by atoms with E-state index in [9.17, 15) is 0 Å². The van der Waals surface area contributed by atoms with Crippen LogP contribution in [0.25, 0.3) is 0 Å². The molecule has 10 heavy (non-hydrogen) atoms. The lowest BCUT2D eigenvalue weighted by Gasteiger charge is -2.33. The lowest BCUT2D eigenvalue weighted by molar-refractivity contribution is -0.339. The van der Waals surface area contributed by atoms with Crippen LogP contribution >= 0.6 is 0 Å². The van der Waals surface area contributed by atoms with Gasteiger partial charge in [-0.3, -0.25) is 5.32 Å². The monoisotopic (exact) mass is 145 g/mol. The van der Waals surface area contributed by atoms with Gasteiger partial charge in [-0.15, -0.1) is 0 Å². The van der Waals surface area contributed by atoms with E-state index in [4.69, 9.17) is 5.26 Å². The fourth-order valence-corrected chi connectivity index (χ4v) is 1.51. The molecule has 0 aliphatic heterocycles. The molecule has 3 heteroatoms. The summed E-state index contributed by atoms with van der Waals surface area (Å²) in [5, 5.41) is 11.6. The Kier molecular flexibility index (Phi) is 2.65. The Balaban J connectivity index is 2.44. The van der Waals surface area contributed by atoms with Gasteiger partial charge in [0.1, 0.15) is 0 Å². The van der Waals surface area contributed by atoms with E-state index in [0.717, 1.165) is 25.7 Å². The van der Waals surface area contributed by atoms with Gasteiger partial charge in [-0.2, -0.15) is 0 Å². The number of hydrogen-bond acceptors (Lipinski definition) is 3. The average molecular weight is 145 g/mol. The first kappa shape index (κ1) is 7.98. The molecule has 1 fully saturated rings. The molecule has 0 unspecified atom stereocenters. The predicted molar refractivity (Wildman–Crippen MR) is 38.6 cm³/mol. The summed E-state index contributed by atoms with van der Waals surface area (Å²) in [5.41, 5.74) is -0.432. The quantitative estimate of drug-likeness (QED) is 0.350. The SMILES string of the molecule is CNC1(OO)CCCCC1. The molecule has 0 aromatic rings. The lowest BCUT2D eigenvalue weighted by atomic mass is 9.92. The molecular formula is C7H15NO2. The van der Waals surface area contributed by atoms with Gasteiger partial charge in [0, 0.05) is 0 Å². The molecule has 1 saturated carbocycles. The molecule has 0 radical (unpaired) electrons. The molecule has 1 aliphatic rings. The van der Waals surface area contributed by atoms with Gasteiger partial charge in [0.05, 0.1) is 0 Å². The molecule has 0 amide bonds. The van der Waals surface area contributed by atoms with Crippen LogP contribution in [0, 0.1) is 0 Å². The Morgan fingerprint density at radius 1 is 1.30 bits per heavy atom.